The largest absolute Gasteiger partial charge is 0.469 e. The summed E-state index contributed by atoms with van der Waals surface area (Å²) < 4.78 is 12.4. The van der Waals surface area contributed by atoms with Crippen LogP contribution in [0, 0.1) is 5.92 Å². The van der Waals surface area contributed by atoms with Crippen molar-refractivity contribution in [3.8, 4) is 0 Å². The van der Waals surface area contributed by atoms with Crippen molar-refractivity contribution >= 4 is 54.2 Å². The molecule has 0 unspecified atom stereocenters. The standard InChI is InChI=1S/C8H15Cl4O4P/c1-3-7(9,10)6(8(11,12)4-2)5-16-17(13,14)15/h6H,3-5H2,1-2H3,(H2,13,14,15). The van der Waals surface area contributed by atoms with E-state index in [4.69, 9.17) is 56.2 Å². The summed E-state index contributed by atoms with van der Waals surface area (Å²) in [5.74, 6) is -0.829. The van der Waals surface area contributed by atoms with Crippen LogP contribution in [0.1, 0.15) is 26.7 Å². The Kier molecular flexibility index (Phi) is 7.12. The summed E-state index contributed by atoms with van der Waals surface area (Å²) in [6.07, 6.45) is 0.624. The Morgan fingerprint density at radius 3 is 1.71 bits per heavy atom. The highest BCUT2D eigenvalue weighted by Gasteiger charge is 2.47. The maximum absolute atomic E-state index is 10.7. The van der Waals surface area contributed by atoms with Crippen LogP contribution in [0.2, 0.25) is 0 Å². The number of phosphoric acid groups is 1. The Labute approximate surface area is 121 Å². The van der Waals surface area contributed by atoms with E-state index in [2.05, 4.69) is 4.52 Å². The lowest BCUT2D eigenvalue weighted by Gasteiger charge is -2.36. The fourth-order valence-corrected chi connectivity index (χ4v) is 2.78. The predicted octanol–water partition coefficient (Wildman–Crippen LogP) is 3.88. The van der Waals surface area contributed by atoms with Crippen molar-refractivity contribution < 1.29 is 18.9 Å². The topological polar surface area (TPSA) is 66.8 Å². The molecule has 2 N–H and O–H groups in total. The van der Waals surface area contributed by atoms with Crippen molar-refractivity contribution in [3.63, 3.8) is 0 Å². The summed E-state index contributed by atoms with van der Waals surface area (Å²) in [5, 5.41) is 0. The molecule has 0 bridgehead atoms. The zero-order chi connectivity index (χ0) is 13.9. The van der Waals surface area contributed by atoms with E-state index in [0.29, 0.717) is 12.8 Å². The zero-order valence-electron chi connectivity index (χ0n) is 9.37. The number of phosphoric ester groups is 1. The highest BCUT2D eigenvalue weighted by molar-refractivity contribution is 7.46. The van der Waals surface area contributed by atoms with Crippen molar-refractivity contribution in [3.05, 3.63) is 0 Å². The molecule has 0 aromatic carbocycles. The minimum absolute atomic E-state index is 0.312. The Morgan fingerprint density at radius 2 is 1.47 bits per heavy atom. The third-order valence-electron chi connectivity index (χ3n) is 2.37. The van der Waals surface area contributed by atoms with Crippen LogP contribution in [-0.4, -0.2) is 25.1 Å². The summed E-state index contributed by atoms with van der Waals surface area (Å²) in [6.45, 7) is 3.00. The van der Waals surface area contributed by atoms with Crippen LogP contribution in [0.25, 0.3) is 0 Å². The molecule has 0 aromatic heterocycles. The second kappa shape index (κ2) is 6.62. The minimum atomic E-state index is -4.61. The highest BCUT2D eigenvalue weighted by atomic mass is 35.5. The molecule has 0 atom stereocenters. The first-order chi connectivity index (χ1) is 7.46. The average Bonchev–Trinajstić information content (AvgIpc) is 2.15. The van der Waals surface area contributed by atoms with Crippen molar-refractivity contribution in [1.82, 2.24) is 0 Å². The van der Waals surface area contributed by atoms with Gasteiger partial charge in [0.2, 0.25) is 0 Å². The summed E-state index contributed by atoms with van der Waals surface area (Å²) in [6, 6.07) is 0. The van der Waals surface area contributed by atoms with Gasteiger partial charge in [-0.3, -0.25) is 4.52 Å². The SMILES string of the molecule is CCC(Cl)(Cl)C(COP(=O)(O)O)C(Cl)(Cl)CC. The predicted molar refractivity (Wildman–Crippen MR) is 70.9 cm³/mol. The number of hydrogen-bond acceptors (Lipinski definition) is 2. The molecule has 0 amide bonds. The lowest BCUT2D eigenvalue weighted by atomic mass is 9.97. The summed E-state index contributed by atoms with van der Waals surface area (Å²) >= 11 is 24.2. The molecular formula is C8H15Cl4O4P. The van der Waals surface area contributed by atoms with Crippen LogP contribution >= 0.6 is 54.2 Å². The van der Waals surface area contributed by atoms with Gasteiger partial charge in [-0.25, -0.2) is 4.57 Å². The maximum atomic E-state index is 10.7. The van der Waals surface area contributed by atoms with Gasteiger partial charge < -0.3 is 9.79 Å². The molecule has 0 spiro atoms. The van der Waals surface area contributed by atoms with Crippen LogP contribution in [0.5, 0.6) is 0 Å². The molecule has 0 saturated carbocycles. The van der Waals surface area contributed by atoms with Crippen molar-refractivity contribution in [1.29, 1.82) is 0 Å². The van der Waals surface area contributed by atoms with E-state index in [0.717, 1.165) is 0 Å². The molecule has 104 valence electrons. The smallest absolute Gasteiger partial charge is 0.303 e. The molecule has 0 radical (unpaired) electrons. The van der Waals surface area contributed by atoms with Crippen LogP contribution in [-0.2, 0) is 9.09 Å². The molecule has 9 heteroatoms. The Bertz CT molecular complexity index is 275. The van der Waals surface area contributed by atoms with Gasteiger partial charge in [-0.15, -0.1) is 46.4 Å². The lowest BCUT2D eigenvalue weighted by molar-refractivity contribution is 0.152. The van der Waals surface area contributed by atoms with E-state index in [1.165, 1.54) is 0 Å². The normalized spacial score (nSPS) is 14.4. The lowest BCUT2D eigenvalue weighted by Crippen LogP contribution is -2.41. The number of halogens is 4. The molecule has 0 aliphatic carbocycles. The van der Waals surface area contributed by atoms with Gasteiger partial charge in [-0.05, 0) is 12.8 Å². The maximum Gasteiger partial charge on any atom is 0.469 e. The van der Waals surface area contributed by atoms with Crippen molar-refractivity contribution in [2.45, 2.75) is 35.4 Å². The van der Waals surface area contributed by atoms with Gasteiger partial charge in [0, 0.05) is 5.92 Å². The molecule has 0 aliphatic rings. The Balaban J connectivity index is 4.95. The van der Waals surface area contributed by atoms with Gasteiger partial charge in [0.25, 0.3) is 0 Å². The van der Waals surface area contributed by atoms with E-state index >= 15 is 0 Å². The quantitative estimate of drug-likeness (QED) is 0.541. The summed E-state index contributed by atoms with van der Waals surface area (Å²) in [5.41, 5.74) is 0. The molecule has 0 fully saturated rings. The molecule has 0 rings (SSSR count). The van der Waals surface area contributed by atoms with E-state index in [1.54, 1.807) is 13.8 Å². The van der Waals surface area contributed by atoms with Crippen LogP contribution < -0.4 is 0 Å². The van der Waals surface area contributed by atoms with Crippen LogP contribution in [0.15, 0.2) is 0 Å². The fraction of sp³-hybridized carbons (Fsp3) is 1.00. The van der Waals surface area contributed by atoms with Crippen LogP contribution in [0.3, 0.4) is 0 Å². The second-order valence-corrected chi connectivity index (χ2v) is 7.89. The number of rotatable bonds is 7. The number of alkyl halides is 4. The fourth-order valence-electron chi connectivity index (χ4n) is 1.22. The second-order valence-electron chi connectivity index (χ2n) is 3.57. The van der Waals surface area contributed by atoms with Gasteiger partial charge in [0.05, 0.1) is 6.61 Å². The van der Waals surface area contributed by atoms with Crippen molar-refractivity contribution in [2.24, 2.45) is 5.92 Å². The molecule has 0 aliphatic heterocycles. The van der Waals surface area contributed by atoms with E-state index in [9.17, 15) is 4.57 Å². The van der Waals surface area contributed by atoms with Crippen molar-refractivity contribution in [2.75, 3.05) is 6.61 Å². The number of hydrogen-bond donors (Lipinski definition) is 2. The molecule has 4 nitrogen and oxygen atoms in total. The average molecular weight is 348 g/mol. The molecule has 17 heavy (non-hydrogen) atoms. The molecular weight excluding hydrogens is 333 g/mol. The van der Waals surface area contributed by atoms with E-state index < -0.39 is 29.0 Å². The van der Waals surface area contributed by atoms with E-state index in [1.807, 2.05) is 0 Å². The Morgan fingerprint density at radius 1 is 1.12 bits per heavy atom. The van der Waals surface area contributed by atoms with Gasteiger partial charge in [-0.1, -0.05) is 13.8 Å². The first kappa shape index (κ1) is 18.3. The summed E-state index contributed by atoms with van der Waals surface area (Å²) in [7, 11) is -4.61. The van der Waals surface area contributed by atoms with Gasteiger partial charge in [0.15, 0.2) is 0 Å². The monoisotopic (exact) mass is 346 g/mol. The minimum Gasteiger partial charge on any atom is -0.303 e. The zero-order valence-corrected chi connectivity index (χ0v) is 13.3. The first-order valence-electron chi connectivity index (χ1n) is 4.92. The Hall–Kier alpha value is 1.27. The summed E-state index contributed by atoms with van der Waals surface area (Å²) in [4.78, 5) is 17.3. The first-order valence-corrected chi connectivity index (χ1v) is 7.96. The molecule has 0 heterocycles. The van der Waals surface area contributed by atoms with Crippen LogP contribution in [0.4, 0.5) is 0 Å². The third-order valence-corrected chi connectivity index (χ3v) is 4.98. The van der Waals surface area contributed by atoms with Gasteiger partial charge >= 0.3 is 7.82 Å². The molecule has 0 saturated heterocycles. The van der Waals surface area contributed by atoms with E-state index in [-0.39, 0.29) is 0 Å². The van der Waals surface area contributed by atoms with Gasteiger partial charge in [-0.2, -0.15) is 0 Å². The third kappa shape index (κ3) is 6.31. The molecule has 0 aromatic rings. The highest BCUT2D eigenvalue weighted by Crippen LogP contribution is 2.49. The van der Waals surface area contributed by atoms with Gasteiger partial charge in [0.1, 0.15) is 8.67 Å².